The van der Waals surface area contributed by atoms with Crippen LogP contribution < -0.4 is 5.32 Å². The molecule has 0 aromatic heterocycles. The van der Waals surface area contributed by atoms with Crippen molar-refractivity contribution in [2.75, 3.05) is 20.1 Å². The van der Waals surface area contributed by atoms with Gasteiger partial charge in [-0.15, -0.1) is 0 Å². The lowest BCUT2D eigenvalue weighted by Gasteiger charge is -2.46. The Balaban J connectivity index is 1.52. The molecular formula is C18H26N2O. The van der Waals surface area contributed by atoms with Crippen molar-refractivity contribution in [3.05, 3.63) is 35.9 Å². The van der Waals surface area contributed by atoms with Crippen molar-refractivity contribution < 1.29 is 4.79 Å². The monoisotopic (exact) mass is 286 g/mol. The third-order valence-corrected chi connectivity index (χ3v) is 5.21. The first-order chi connectivity index (χ1) is 10.2. The topological polar surface area (TPSA) is 32.3 Å². The van der Waals surface area contributed by atoms with Gasteiger partial charge in [-0.2, -0.15) is 0 Å². The van der Waals surface area contributed by atoms with E-state index in [0.717, 1.165) is 18.3 Å². The molecule has 3 nitrogen and oxygen atoms in total. The number of fused-ring (bicyclic) bond motifs is 2. The second-order valence-corrected chi connectivity index (χ2v) is 6.80. The van der Waals surface area contributed by atoms with Crippen LogP contribution in [0.3, 0.4) is 0 Å². The number of benzene rings is 1. The van der Waals surface area contributed by atoms with E-state index in [-0.39, 0.29) is 5.91 Å². The smallest absolute Gasteiger partial charge is 0.220 e. The summed E-state index contributed by atoms with van der Waals surface area (Å²) in [6.45, 7) is 3.00. The quantitative estimate of drug-likeness (QED) is 0.923. The number of carbonyl (C=O) groups excluding carboxylic acids is 1. The van der Waals surface area contributed by atoms with Gasteiger partial charge in [0.2, 0.25) is 5.91 Å². The van der Waals surface area contributed by atoms with Crippen molar-refractivity contribution >= 4 is 5.91 Å². The van der Waals surface area contributed by atoms with Crippen molar-refractivity contribution in [2.24, 2.45) is 17.8 Å². The summed E-state index contributed by atoms with van der Waals surface area (Å²) in [5, 5.41) is 3.09. The van der Waals surface area contributed by atoms with E-state index in [9.17, 15) is 4.79 Å². The molecule has 2 fully saturated rings. The standard InChI is InChI=1S/C18H26N2O/c1-20-12-15-8-5-9-16(13-20)17(15)10-18(21)19-11-14-6-3-2-4-7-14/h2-4,6-7,15-17H,5,8-13H2,1H3,(H,19,21). The fourth-order valence-corrected chi connectivity index (χ4v) is 4.20. The lowest BCUT2D eigenvalue weighted by atomic mass is 9.67. The minimum absolute atomic E-state index is 0.227. The Kier molecular flexibility index (Phi) is 4.59. The van der Waals surface area contributed by atoms with Crippen LogP contribution in [0.1, 0.15) is 31.2 Å². The Hall–Kier alpha value is -1.35. The van der Waals surface area contributed by atoms with Crippen molar-refractivity contribution in [3.8, 4) is 0 Å². The van der Waals surface area contributed by atoms with Crippen LogP contribution in [0.25, 0.3) is 0 Å². The highest BCUT2D eigenvalue weighted by molar-refractivity contribution is 5.76. The van der Waals surface area contributed by atoms with Crippen LogP contribution in [-0.4, -0.2) is 30.9 Å². The molecule has 1 amide bonds. The summed E-state index contributed by atoms with van der Waals surface area (Å²) in [7, 11) is 2.22. The highest BCUT2D eigenvalue weighted by Crippen LogP contribution is 2.41. The Labute approximate surface area is 127 Å². The first-order valence-corrected chi connectivity index (χ1v) is 8.21. The summed E-state index contributed by atoms with van der Waals surface area (Å²) in [4.78, 5) is 14.7. The largest absolute Gasteiger partial charge is 0.352 e. The first kappa shape index (κ1) is 14.6. The Morgan fingerprint density at radius 2 is 1.86 bits per heavy atom. The molecule has 0 radical (unpaired) electrons. The summed E-state index contributed by atoms with van der Waals surface area (Å²) < 4.78 is 0. The van der Waals surface area contributed by atoms with Crippen LogP contribution in [0.15, 0.2) is 30.3 Å². The van der Waals surface area contributed by atoms with Crippen molar-refractivity contribution in [1.29, 1.82) is 0 Å². The number of hydrogen-bond donors (Lipinski definition) is 1. The molecular weight excluding hydrogens is 260 g/mol. The molecule has 1 aliphatic carbocycles. The third kappa shape index (κ3) is 3.65. The fourth-order valence-electron chi connectivity index (χ4n) is 4.20. The summed E-state index contributed by atoms with van der Waals surface area (Å²) >= 11 is 0. The van der Waals surface area contributed by atoms with Crippen molar-refractivity contribution in [1.82, 2.24) is 10.2 Å². The fraction of sp³-hybridized carbons (Fsp3) is 0.611. The van der Waals surface area contributed by atoms with Crippen LogP contribution in [0, 0.1) is 17.8 Å². The molecule has 1 saturated heterocycles. The number of nitrogens with one attached hydrogen (secondary N) is 1. The van der Waals surface area contributed by atoms with Gasteiger partial charge in [-0.05, 0) is 43.2 Å². The molecule has 2 unspecified atom stereocenters. The minimum atomic E-state index is 0.227. The number of likely N-dealkylation sites (tertiary alicyclic amines) is 1. The first-order valence-electron chi connectivity index (χ1n) is 8.21. The lowest BCUT2D eigenvalue weighted by molar-refractivity contribution is -0.124. The molecule has 2 aliphatic rings. The number of carbonyl (C=O) groups is 1. The lowest BCUT2D eigenvalue weighted by Crippen LogP contribution is -2.48. The Morgan fingerprint density at radius 3 is 2.52 bits per heavy atom. The van der Waals surface area contributed by atoms with Gasteiger partial charge in [-0.3, -0.25) is 4.79 Å². The number of rotatable bonds is 4. The molecule has 21 heavy (non-hydrogen) atoms. The molecule has 1 saturated carbocycles. The van der Waals surface area contributed by atoms with Gasteiger partial charge < -0.3 is 10.2 Å². The van der Waals surface area contributed by atoms with E-state index in [2.05, 4.69) is 29.4 Å². The van der Waals surface area contributed by atoms with Crippen LogP contribution >= 0.6 is 0 Å². The molecule has 2 bridgehead atoms. The van der Waals surface area contributed by atoms with Crippen LogP contribution in [0.5, 0.6) is 0 Å². The van der Waals surface area contributed by atoms with E-state index in [1.54, 1.807) is 0 Å². The van der Waals surface area contributed by atoms with Gasteiger partial charge in [0.15, 0.2) is 0 Å². The van der Waals surface area contributed by atoms with Crippen molar-refractivity contribution in [2.45, 2.75) is 32.2 Å². The molecule has 1 N–H and O–H groups in total. The third-order valence-electron chi connectivity index (χ3n) is 5.21. The molecule has 3 rings (SSSR count). The van der Waals surface area contributed by atoms with E-state index in [4.69, 9.17) is 0 Å². The molecule has 1 aliphatic heterocycles. The van der Waals surface area contributed by atoms with Gasteiger partial charge in [0, 0.05) is 26.1 Å². The minimum Gasteiger partial charge on any atom is -0.352 e. The second-order valence-electron chi connectivity index (χ2n) is 6.80. The average molecular weight is 286 g/mol. The van der Waals surface area contributed by atoms with E-state index in [1.807, 2.05) is 18.2 Å². The average Bonchev–Trinajstić information content (AvgIpc) is 2.47. The number of hydrogen-bond acceptors (Lipinski definition) is 2. The van der Waals surface area contributed by atoms with Gasteiger partial charge in [0.1, 0.15) is 0 Å². The Bertz CT molecular complexity index is 459. The van der Waals surface area contributed by atoms with Gasteiger partial charge in [0.05, 0.1) is 0 Å². The van der Waals surface area contributed by atoms with E-state index < -0.39 is 0 Å². The zero-order valence-electron chi connectivity index (χ0n) is 12.9. The summed E-state index contributed by atoms with van der Waals surface area (Å²) in [5.74, 6) is 2.28. The maximum Gasteiger partial charge on any atom is 0.220 e. The molecule has 0 spiro atoms. The molecule has 114 valence electrons. The van der Waals surface area contributed by atoms with E-state index >= 15 is 0 Å². The van der Waals surface area contributed by atoms with E-state index in [0.29, 0.717) is 12.5 Å². The molecule has 2 atom stereocenters. The highest BCUT2D eigenvalue weighted by Gasteiger charge is 2.39. The molecule has 1 heterocycles. The maximum atomic E-state index is 12.3. The number of amides is 1. The molecule has 1 aromatic carbocycles. The summed E-state index contributed by atoms with van der Waals surface area (Å²) in [6.07, 6.45) is 4.68. The predicted molar refractivity (Wildman–Crippen MR) is 84.7 cm³/mol. The number of nitrogens with zero attached hydrogens (tertiary/aromatic N) is 1. The normalized spacial score (nSPS) is 29.1. The van der Waals surface area contributed by atoms with Gasteiger partial charge >= 0.3 is 0 Å². The molecule has 1 aromatic rings. The van der Waals surface area contributed by atoms with Gasteiger partial charge in [-0.25, -0.2) is 0 Å². The van der Waals surface area contributed by atoms with Crippen LogP contribution in [0.2, 0.25) is 0 Å². The molecule has 3 heteroatoms. The number of piperidine rings is 1. The van der Waals surface area contributed by atoms with Gasteiger partial charge in [0.25, 0.3) is 0 Å². The van der Waals surface area contributed by atoms with Crippen LogP contribution in [0.4, 0.5) is 0 Å². The Morgan fingerprint density at radius 1 is 1.19 bits per heavy atom. The zero-order valence-corrected chi connectivity index (χ0v) is 12.9. The highest BCUT2D eigenvalue weighted by atomic mass is 16.1. The second kappa shape index (κ2) is 6.61. The van der Waals surface area contributed by atoms with Gasteiger partial charge in [-0.1, -0.05) is 36.8 Å². The maximum absolute atomic E-state index is 12.3. The van der Waals surface area contributed by atoms with Crippen LogP contribution in [-0.2, 0) is 11.3 Å². The summed E-state index contributed by atoms with van der Waals surface area (Å²) in [6, 6.07) is 10.2. The SMILES string of the molecule is CN1CC2CCCC(C1)C2CC(=O)NCc1ccccc1. The van der Waals surface area contributed by atoms with E-state index in [1.165, 1.54) is 37.9 Å². The predicted octanol–water partition coefficient (Wildman–Crippen LogP) is 2.67. The zero-order chi connectivity index (χ0) is 14.7. The summed E-state index contributed by atoms with van der Waals surface area (Å²) in [5.41, 5.74) is 1.18. The van der Waals surface area contributed by atoms with Crippen molar-refractivity contribution in [3.63, 3.8) is 0 Å².